The Bertz CT molecular complexity index is 987. The zero-order chi connectivity index (χ0) is 17.4. The predicted octanol–water partition coefficient (Wildman–Crippen LogP) is 0.394. The van der Waals surface area contributed by atoms with E-state index in [4.69, 9.17) is 4.74 Å². The molecule has 2 aromatic heterocycles. The van der Waals surface area contributed by atoms with E-state index in [9.17, 15) is 14.0 Å². The molecular formula is C15H13FN6O3. The van der Waals surface area contributed by atoms with E-state index in [2.05, 4.69) is 25.6 Å². The molecule has 3 heterocycles. The number of benzene rings is 1. The van der Waals surface area contributed by atoms with Gasteiger partial charge in [0.05, 0.1) is 13.2 Å². The van der Waals surface area contributed by atoms with Gasteiger partial charge in [-0.05, 0) is 18.2 Å². The van der Waals surface area contributed by atoms with Crippen molar-refractivity contribution in [1.29, 1.82) is 0 Å². The fourth-order valence-corrected chi connectivity index (χ4v) is 2.82. The smallest absolute Gasteiger partial charge is 0.259 e. The Morgan fingerprint density at radius 2 is 2.28 bits per heavy atom. The fourth-order valence-electron chi connectivity index (χ4n) is 2.82. The van der Waals surface area contributed by atoms with E-state index in [0.29, 0.717) is 17.9 Å². The highest BCUT2D eigenvalue weighted by atomic mass is 19.1. The Balaban J connectivity index is 1.65. The minimum Gasteiger partial charge on any atom is -0.366 e. The summed E-state index contributed by atoms with van der Waals surface area (Å²) in [4.78, 5) is 29.7. The number of amides is 1. The Hall–Kier alpha value is -3.14. The first-order valence-electron chi connectivity index (χ1n) is 7.58. The number of rotatable bonds is 2. The van der Waals surface area contributed by atoms with E-state index < -0.39 is 23.3 Å². The van der Waals surface area contributed by atoms with Gasteiger partial charge >= 0.3 is 0 Å². The lowest BCUT2D eigenvalue weighted by atomic mass is 10.1. The van der Waals surface area contributed by atoms with Crippen molar-refractivity contribution in [2.24, 2.45) is 0 Å². The van der Waals surface area contributed by atoms with Crippen LogP contribution in [-0.4, -0.2) is 56.1 Å². The molecule has 4 rings (SSSR count). The van der Waals surface area contributed by atoms with E-state index in [-0.39, 0.29) is 24.1 Å². The van der Waals surface area contributed by atoms with E-state index in [0.717, 1.165) is 6.07 Å². The Morgan fingerprint density at radius 3 is 3.08 bits per heavy atom. The van der Waals surface area contributed by atoms with Gasteiger partial charge in [0.2, 0.25) is 11.3 Å². The molecule has 0 aliphatic carbocycles. The highest BCUT2D eigenvalue weighted by molar-refractivity contribution is 5.97. The average Bonchev–Trinajstić information content (AvgIpc) is 3.17. The number of hydrogen-bond acceptors (Lipinski definition) is 6. The molecule has 1 aliphatic heterocycles. The standard InChI is InChI=1S/C15H13FN6O3/c16-8-1-2-11-9(5-8)13(23)10(6-17-11)15(24)22-3-4-25-12(7-22)14-18-20-21-19-14/h1-2,5-6,12H,3-4,7H2,(H,17,23)(H,18,19,20,21). The normalized spacial score (nSPS) is 17.8. The highest BCUT2D eigenvalue weighted by Gasteiger charge is 2.29. The van der Waals surface area contributed by atoms with Gasteiger partial charge in [0.15, 0.2) is 0 Å². The Kier molecular flexibility index (Phi) is 3.73. The lowest BCUT2D eigenvalue weighted by molar-refractivity contribution is -0.0268. The molecule has 1 aromatic carbocycles. The summed E-state index contributed by atoms with van der Waals surface area (Å²) < 4.78 is 19.0. The SMILES string of the molecule is O=C(c1c[nH]c2ccc(F)cc2c1=O)N1CCOC(c2nn[nH]n2)C1. The van der Waals surface area contributed by atoms with Crippen molar-refractivity contribution in [2.45, 2.75) is 6.10 Å². The number of halogens is 1. The van der Waals surface area contributed by atoms with Gasteiger partial charge in [0.25, 0.3) is 5.91 Å². The summed E-state index contributed by atoms with van der Waals surface area (Å²) in [6.45, 7) is 0.803. The number of morpholine rings is 1. The summed E-state index contributed by atoms with van der Waals surface area (Å²) in [6, 6.07) is 3.82. The number of aromatic amines is 2. The highest BCUT2D eigenvalue weighted by Crippen LogP contribution is 2.19. The summed E-state index contributed by atoms with van der Waals surface area (Å²) >= 11 is 0. The summed E-state index contributed by atoms with van der Waals surface area (Å²) in [7, 11) is 0. The summed E-state index contributed by atoms with van der Waals surface area (Å²) in [5.41, 5.74) is -0.0951. The second-order valence-corrected chi connectivity index (χ2v) is 5.60. The molecule has 1 unspecified atom stereocenters. The van der Waals surface area contributed by atoms with Crippen molar-refractivity contribution < 1.29 is 13.9 Å². The summed E-state index contributed by atoms with van der Waals surface area (Å²) in [6.07, 6.45) is 0.831. The third kappa shape index (κ3) is 2.76. The molecule has 1 atom stereocenters. The largest absolute Gasteiger partial charge is 0.366 e. The maximum atomic E-state index is 13.4. The minimum absolute atomic E-state index is 0.0492. The predicted molar refractivity (Wildman–Crippen MR) is 83.3 cm³/mol. The van der Waals surface area contributed by atoms with Gasteiger partial charge in [-0.25, -0.2) is 4.39 Å². The molecule has 9 nitrogen and oxygen atoms in total. The molecule has 0 saturated carbocycles. The first kappa shape index (κ1) is 15.4. The van der Waals surface area contributed by atoms with Crippen LogP contribution in [0.5, 0.6) is 0 Å². The number of carbonyl (C=O) groups is 1. The molecule has 1 amide bonds. The van der Waals surface area contributed by atoms with Crippen molar-refractivity contribution in [3.05, 3.63) is 51.8 Å². The number of H-pyrrole nitrogens is 2. The van der Waals surface area contributed by atoms with E-state index in [1.807, 2.05) is 0 Å². The molecule has 1 aliphatic rings. The van der Waals surface area contributed by atoms with E-state index in [1.54, 1.807) is 0 Å². The topological polar surface area (TPSA) is 117 Å². The monoisotopic (exact) mass is 344 g/mol. The van der Waals surface area contributed by atoms with Crippen LogP contribution in [0, 0.1) is 5.82 Å². The Morgan fingerprint density at radius 1 is 1.40 bits per heavy atom. The van der Waals surface area contributed by atoms with Gasteiger partial charge in [-0.1, -0.05) is 5.21 Å². The number of hydrogen-bond donors (Lipinski definition) is 2. The van der Waals surface area contributed by atoms with Crippen molar-refractivity contribution in [1.82, 2.24) is 30.5 Å². The molecule has 10 heteroatoms. The molecule has 2 N–H and O–H groups in total. The number of carbonyl (C=O) groups excluding carboxylic acids is 1. The fraction of sp³-hybridized carbons (Fsp3) is 0.267. The number of nitrogens with zero attached hydrogens (tertiary/aromatic N) is 4. The molecule has 3 aromatic rings. The third-order valence-electron chi connectivity index (χ3n) is 4.08. The van der Waals surface area contributed by atoms with Crippen LogP contribution in [0.15, 0.2) is 29.2 Å². The second-order valence-electron chi connectivity index (χ2n) is 5.60. The molecule has 0 radical (unpaired) electrons. The molecule has 1 fully saturated rings. The minimum atomic E-state index is -0.536. The van der Waals surface area contributed by atoms with Crippen molar-refractivity contribution in [3.8, 4) is 0 Å². The van der Waals surface area contributed by atoms with Gasteiger partial charge in [-0.15, -0.1) is 10.2 Å². The zero-order valence-corrected chi connectivity index (χ0v) is 12.9. The maximum absolute atomic E-state index is 13.4. The van der Waals surface area contributed by atoms with Crippen molar-refractivity contribution >= 4 is 16.8 Å². The number of aromatic nitrogens is 5. The first-order valence-corrected chi connectivity index (χ1v) is 7.58. The summed E-state index contributed by atoms with van der Waals surface area (Å²) in [5.74, 6) is -0.651. The lowest BCUT2D eigenvalue weighted by Crippen LogP contribution is -2.44. The maximum Gasteiger partial charge on any atom is 0.259 e. The quantitative estimate of drug-likeness (QED) is 0.695. The van der Waals surface area contributed by atoms with Crippen LogP contribution >= 0.6 is 0 Å². The van der Waals surface area contributed by atoms with E-state index >= 15 is 0 Å². The van der Waals surface area contributed by atoms with E-state index in [1.165, 1.54) is 23.2 Å². The molecule has 25 heavy (non-hydrogen) atoms. The van der Waals surface area contributed by atoms with Gasteiger partial charge < -0.3 is 14.6 Å². The van der Waals surface area contributed by atoms with Crippen molar-refractivity contribution in [2.75, 3.05) is 19.7 Å². The number of nitrogens with one attached hydrogen (secondary N) is 2. The van der Waals surface area contributed by atoms with Crippen LogP contribution < -0.4 is 5.43 Å². The number of ether oxygens (including phenoxy) is 1. The van der Waals surface area contributed by atoms with Crippen LogP contribution in [0.25, 0.3) is 10.9 Å². The molecule has 0 spiro atoms. The lowest BCUT2D eigenvalue weighted by Gasteiger charge is -2.31. The molecular weight excluding hydrogens is 331 g/mol. The molecule has 1 saturated heterocycles. The number of pyridine rings is 1. The van der Waals surface area contributed by atoms with Crippen molar-refractivity contribution in [3.63, 3.8) is 0 Å². The van der Waals surface area contributed by atoms with Crippen LogP contribution in [0.3, 0.4) is 0 Å². The van der Waals surface area contributed by atoms with Gasteiger partial charge in [-0.3, -0.25) is 9.59 Å². The van der Waals surface area contributed by atoms with Gasteiger partial charge in [0.1, 0.15) is 17.5 Å². The molecule has 0 bridgehead atoms. The molecule has 128 valence electrons. The number of tetrazole rings is 1. The second kappa shape index (κ2) is 6.06. The first-order chi connectivity index (χ1) is 12.1. The van der Waals surface area contributed by atoms with Crippen LogP contribution in [0.1, 0.15) is 22.3 Å². The summed E-state index contributed by atoms with van der Waals surface area (Å²) in [5, 5.41) is 13.6. The Labute approximate surface area is 139 Å². The van der Waals surface area contributed by atoms with Gasteiger partial charge in [0, 0.05) is 23.6 Å². The van der Waals surface area contributed by atoms with Crippen LogP contribution in [0.2, 0.25) is 0 Å². The number of fused-ring (bicyclic) bond motifs is 1. The van der Waals surface area contributed by atoms with Crippen LogP contribution in [-0.2, 0) is 4.74 Å². The zero-order valence-electron chi connectivity index (χ0n) is 12.9. The third-order valence-corrected chi connectivity index (χ3v) is 4.08. The average molecular weight is 344 g/mol. The van der Waals surface area contributed by atoms with Gasteiger partial charge in [-0.2, -0.15) is 5.21 Å². The van der Waals surface area contributed by atoms with Crippen LogP contribution in [0.4, 0.5) is 4.39 Å².